The van der Waals surface area contributed by atoms with Gasteiger partial charge in [0.1, 0.15) is 11.4 Å². The zero-order chi connectivity index (χ0) is 27.4. The van der Waals surface area contributed by atoms with Gasteiger partial charge in [0.25, 0.3) is 0 Å². The summed E-state index contributed by atoms with van der Waals surface area (Å²) in [5.41, 5.74) is 2.97. The second-order valence-corrected chi connectivity index (χ2v) is 13.2. The van der Waals surface area contributed by atoms with Gasteiger partial charge in [0.05, 0.1) is 18.4 Å². The first-order valence-corrected chi connectivity index (χ1v) is 15.2. The molecule has 1 aromatic heterocycles. The van der Waals surface area contributed by atoms with Crippen molar-refractivity contribution in [2.75, 3.05) is 37.3 Å². The molecule has 9 heteroatoms. The number of thioether (sulfide) groups is 1. The van der Waals surface area contributed by atoms with Crippen molar-refractivity contribution in [3.05, 3.63) is 58.2 Å². The van der Waals surface area contributed by atoms with Crippen molar-refractivity contribution in [1.29, 1.82) is 0 Å². The molecule has 0 aliphatic carbocycles. The fraction of sp³-hybridized carbons (Fsp3) is 0.500. The Morgan fingerprint density at radius 2 is 1.85 bits per heavy atom. The van der Waals surface area contributed by atoms with Gasteiger partial charge in [0.2, 0.25) is 0 Å². The number of ether oxygens (including phenoxy) is 2. The molecule has 3 aromatic rings. The molecular formula is C30H35ClN4O3S. The number of nitrogens with zero attached hydrogens (tertiary/aromatic N) is 4. The molecular weight excluding hydrogens is 532 g/mol. The van der Waals surface area contributed by atoms with E-state index >= 15 is 0 Å². The molecule has 7 nitrogen and oxygen atoms in total. The Kier molecular flexibility index (Phi) is 6.92. The Morgan fingerprint density at radius 1 is 1.13 bits per heavy atom. The van der Waals surface area contributed by atoms with E-state index in [1.807, 2.05) is 44.1 Å². The van der Waals surface area contributed by atoms with E-state index in [1.54, 1.807) is 11.8 Å². The van der Waals surface area contributed by atoms with Gasteiger partial charge in [-0.15, -0.1) is 0 Å². The smallest absolute Gasteiger partial charge is 0.410 e. The Balaban J connectivity index is 1.19. The first-order chi connectivity index (χ1) is 18.6. The molecule has 1 amide bonds. The van der Waals surface area contributed by atoms with Gasteiger partial charge in [0.15, 0.2) is 5.16 Å². The van der Waals surface area contributed by atoms with E-state index in [-0.39, 0.29) is 17.6 Å². The third kappa shape index (κ3) is 5.19. The first-order valence-electron chi connectivity index (χ1n) is 13.6. The molecule has 0 saturated carbocycles. The minimum absolute atomic E-state index is 0.114. The normalized spacial score (nSPS) is 20.6. The number of rotatable bonds is 3. The average molecular weight is 567 g/mol. The monoisotopic (exact) mass is 566 g/mol. The van der Waals surface area contributed by atoms with Gasteiger partial charge < -0.3 is 19.3 Å². The van der Waals surface area contributed by atoms with E-state index in [2.05, 4.69) is 29.2 Å². The highest BCUT2D eigenvalue weighted by Crippen LogP contribution is 2.44. The van der Waals surface area contributed by atoms with Crippen molar-refractivity contribution in [3.63, 3.8) is 0 Å². The summed E-state index contributed by atoms with van der Waals surface area (Å²) >= 11 is 8.21. The standard InChI is InChI=1S/C30H35ClN4O3S/c1-29(2,3)38-28(36)35-17-30(18-35)11-13-34(14-12-30)26-21-16-37-24(15-23(21)32-27(33-26)39-4)20-9-5-7-19-8-6-10-22(31)25(19)20/h5-10,24H,11-18H2,1-4H3. The number of halogens is 1. The first kappa shape index (κ1) is 26.7. The molecule has 6 rings (SSSR count). The molecule has 39 heavy (non-hydrogen) atoms. The van der Waals surface area contributed by atoms with E-state index in [9.17, 15) is 4.79 Å². The number of fused-ring (bicyclic) bond motifs is 2. The maximum atomic E-state index is 12.5. The lowest BCUT2D eigenvalue weighted by atomic mass is 9.72. The fourth-order valence-corrected chi connectivity index (χ4v) is 6.77. The average Bonchev–Trinajstić information content (AvgIpc) is 2.89. The predicted octanol–water partition coefficient (Wildman–Crippen LogP) is 6.66. The summed E-state index contributed by atoms with van der Waals surface area (Å²) in [6.07, 6.45) is 4.44. The van der Waals surface area contributed by atoms with Crippen molar-refractivity contribution in [2.45, 2.75) is 63.5 Å². The number of hydrogen-bond donors (Lipinski definition) is 0. The summed E-state index contributed by atoms with van der Waals surface area (Å²) in [4.78, 5) is 26.6. The highest BCUT2D eigenvalue weighted by Gasteiger charge is 2.48. The SMILES string of the molecule is CSc1nc2c(c(N3CCC4(CC3)CN(C(=O)OC(C)(C)C)C4)n1)COC(c1cccc3cccc(Cl)c13)C2. The van der Waals surface area contributed by atoms with Gasteiger partial charge in [-0.3, -0.25) is 0 Å². The van der Waals surface area contributed by atoms with Crippen LogP contribution in [0.1, 0.15) is 56.5 Å². The molecule has 206 valence electrons. The van der Waals surface area contributed by atoms with Gasteiger partial charge in [-0.2, -0.15) is 0 Å². The third-order valence-electron chi connectivity index (χ3n) is 8.10. The Bertz CT molecular complexity index is 1400. The minimum atomic E-state index is -0.467. The van der Waals surface area contributed by atoms with Gasteiger partial charge >= 0.3 is 6.09 Å². The molecule has 3 aliphatic rings. The summed E-state index contributed by atoms with van der Waals surface area (Å²) in [5.74, 6) is 0.997. The highest BCUT2D eigenvalue weighted by atomic mass is 35.5. The molecule has 2 fully saturated rings. The molecule has 1 spiro atoms. The maximum Gasteiger partial charge on any atom is 0.410 e. The van der Waals surface area contributed by atoms with E-state index in [0.717, 1.165) is 82.6 Å². The molecule has 4 heterocycles. The molecule has 1 atom stereocenters. The van der Waals surface area contributed by atoms with Crippen LogP contribution in [-0.2, 0) is 22.5 Å². The Labute approximate surface area is 239 Å². The molecule has 2 saturated heterocycles. The molecule has 0 N–H and O–H groups in total. The van der Waals surface area contributed by atoms with Crippen molar-refractivity contribution in [3.8, 4) is 0 Å². The van der Waals surface area contributed by atoms with Crippen LogP contribution in [0.4, 0.5) is 10.6 Å². The number of piperidine rings is 1. The Hall–Kier alpha value is -2.55. The van der Waals surface area contributed by atoms with E-state index in [1.165, 1.54) is 0 Å². The van der Waals surface area contributed by atoms with Gasteiger partial charge in [-0.05, 0) is 56.9 Å². The predicted molar refractivity (Wildman–Crippen MR) is 156 cm³/mol. The molecule has 0 radical (unpaired) electrons. The van der Waals surface area contributed by atoms with Crippen molar-refractivity contribution >= 4 is 46.0 Å². The second kappa shape index (κ2) is 10.1. The number of carbonyl (C=O) groups is 1. The number of likely N-dealkylation sites (tertiary alicyclic amines) is 1. The van der Waals surface area contributed by atoms with Crippen LogP contribution in [0.3, 0.4) is 0 Å². The lowest BCUT2D eigenvalue weighted by Crippen LogP contribution is -2.62. The van der Waals surface area contributed by atoms with Crippen molar-refractivity contribution < 1.29 is 14.3 Å². The molecule has 1 unspecified atom stereocenters. The van der Waals surface area contributed by atoms with E-state index in [0.29, 0.717) is 13.0 Å². The van der Waals surface area contributed by atoms with Crippen molar-refractivity contribution in [2.24, 2.45) is 5.41 Å². The van der Waals surface area contributed by atoms with Crippen LogP contribution in [0.2, 0.25) is 5.02 Å². The van der Waals surface area contributed by atoms with Crippen LogP contribution < -0.4 is 4.90 Å². The lowest BCUT2D eigenvalue weighted by molar-refractivity contribution is -0.0435. The fourth-order valence-electron chi connectivity index (χ4n) is 6.10. The van der Waals surface area contributed by atoms with Crippen LogP contribution >= 0.6 is 23.4 Å². The topological polar surface area (TPSA) is 67.8 Å². The van der Waals surface area contributed by atoms with Crippen LogP contribution in [0, 0.1) is 5.41 Å². The molecule has 0 bridgehead atoms. The number of hydrogen-bond acceptors (Lipinski definition) is 7. The van der Waals surface area contributed by atoms with Crippen LogP contribution in [0.25, 0.3) is 10.8 Å². The van der Waals surface area contributed by atoms with Crippen LogP contribution in [-0.4, -0.2) is 59.0 Å². The summed E-state index contributed by atoms with van der Waals surface area (Å²) < 4.78 is 12.0. The maximum absolute atomic E-state index is 12.5. The summed E-state index contributed by atoms with van der Waals surface area (Å²) in [7, 11) is 0. The quantitative estimate of drug-likeness (QED) is 0.259. The lowest BCUT2D eigenvalue weighted by Gasteiger charge is -2.53. The van der Waals surface area contributed by atoms with Gasteiger partial charge in [0, 0.05) is 54.0 Å². The molecule has 3 aliphatic heterocycles. The second-order valence-electron chi connectivity index (χ2n) is 12.0. The van der Waals surface area contributed by atoms with Crippen molar-refractivity contribution in [1.82, 2.24) is 14.9 Å². The van der Waals surface area contributed by atoms with Crippen LogP contribution in [0.5, 0.6) is 0 Å². The third-order valence-corrected chi connectivity index (χ3v) is 8.96. The van der Waals surface area contributed by atoms with E-state index in [4.69, 9.17) is 31.0 Å². The Morgan fingerprint density at radius 3 is 2.54 bits per heavy atom. The number of amides is 1. The minimum Gasteiger partial charge on any atom is -0.444 e. The van der Waals surface area contributed by atoms with Crippen LogP contribution in [0.15, 0.2) is 41.6 Å². The summed E-state index contributed by atoms with van der Waals surface area (Å²) in [5, 5.41) is 3.71. The summed E-state index contributed by atoms with van der Waals surface area (Å²) in [6, 6.07) is 12.3. The van der Waals surface area contributed by atoms with Gasteiger partial charge in [-0.25, -0.2) is 14.8 Å². The molecule has 2 aromatic carbocycles. The number of carbonyl (C=O) groups excluding carboxylic acids is 1. The number of anilines is 1. The number of benzene rings is 2. The summed E-state index contributed by atoms with van der Waals surface area (Å²) in [6.45, 7) is 9.55. The van der Waals surface area contributed by atoms with E-state index < -0.39 is 5.60 Å². The zero-order valence-electron chi connectivity index (χ0n) is 23.0. The van der Waals surface area contributed by atoms with Gasteiger partial charge in [-0.1, -0.05) is 53.7 Å². The largest absolute Gasteiger partial charge is 0.444 e. The number of aromatic nitrogens is 2. The highest BCUT2D eigenvalue weighted by molar-refractivity contribution is 7.98. The zero-order valence-corrected chi connectivity index (χ0v) is 24.6.